The molecule has 2 aromatic carbocycles. The maximum absolute atomic E-state index is 13.0. The van der Waals surface area contributed by atoms with Gasteiger partial charge in [0.25, 0.3) is 0 Å². The zero-order valence-corrected chi connectivity index (χ0v) is 18.2. The molecule has 0 aliphatic carbocycles. The highest BCUT2D eigenvalue weighted by Gasteiger charge is 2.43. The highest BCUT2D eigenvalue weighted by Crippen LogP contribution is 2.35. The van der Waals surface area contributed by atoms with Gasteiger partial charge in [0, 0.05) is 6.54 Å². The molecule has 0 saturated carbocycles. The lowest BCUT2D eigenvalue weighted by atomic mass is 10.1. The van der Waals surface area contributed by atoms with E-state index in [1.807, 2.05) is 61.2 Å². The number of methoxy groups -OCH3 is 1. The quantitative estimate of drug-likeness (QED) is 0.683. The van der Waals surface area contributed by atoms with Crippen LogP contribution in [0.4, 0.5) is 0 Å². The van der Waals surface area contributed by atoms with Gasteiger partial charge in [-0.05, 0) is 75.4 Å². The molecule has 1 fully saturated rings. The summed E-state index contributed by atoms with van der Waals surface area (Å²) < 4.78 is 7.09. The fourth-order valence-electron chi connectivity index (χ4n) is 3.37. The van der Waals surface area contributed by atoms with Gasteiger partial charge in [0.2, 0.25) is 5.91 Å². The SMILES string of the molecule is COc1c(Br)cc(C[C@@H]2NC(C)(C)N(Cc3ccccc3)C2=O)cc1Br. The summed E-state index contributed by atoms with van der Waals surface area (Å²) in [6, 6.07) is 13.8. The molecule has 138 valence electrons. The first-order valence-electron chi connectivity index (χ1n) is 8.47. The second-order valence-electron chi connectivity index (χ2n) is 6.96. The van der Waals surface area contributed by atoms with Crippen LogP contribution in [0.25, 0.3) is 0 Å². The summed E-state index contributed by atoms with van der Waals surface area (Å²) in [5.74, 6) is 0.882. The van der Waals surface area contributed by atoms with Gasteiger partial charge in [-0.25, -0.2) is 0 Å². The number of carbonyl (C=O) groups is 1. The van der Waals surface area contributed by atoms with Crippen LogP contribution in [0.15, 0.2) is 51.4 Å². The number of halogens is 2. The summed E-state index contributed by atoms with van der Waals surface area (Å²) in [6.45, 7) is 4.70. The minimum atomic E-state index is -0.390. The van der Waals surface area contributed by atoms with E-state index in [2.05, 4.69) is 37.2 Å². The Morgan fingerprint density at radius 1 is 1.12 bits per heavy atom. The van der Waals surface area contributed by atoms with Crippen LogP contribution in [0.2, 0.25) is 0 Å². The van der Waals surface area contributed by atoms with Crippen molar-refractivity contribution < 1.29 is 9.53 Å². The first-order chi connectivity index (χ1) is 12.3. The van der Waals surface area contributed by atoms with Crippen molar-refractivity contribution in [2.75, 3.05) is 7.11 Å². The zero-order chi connectivity index (χ0) is 18.9. The van der Waals surface area contributed by atoms with E-state index in [1.54, 1.807) is 7.11 Å². The fourth-order valence-corrected chi connectivity index (χ4v) is 4.98. The zero-order valence-electron chi connectivity index (χ0n) is 15.1. The van der Waals surface area contributed by atoms with Crippen molar-refractivity contribution in [2.24, 2.45) is 0 Å². The molecule has 1 atom stereocenters. The Labute approximate surface area is 171 Å². The molecule has 6 heteroatoms. The monoisotopic (exact) mass is 480 g/mol. The number of rotatable bonds is 5. The van der Waals surface area contributed by atoms with E-state index in [0.717, 1.165) is 25.8 Å². The number of nitrogens with zero attached hydrogens (tertiary/aromatic N) is 1. The van der Waals surface area contributed by atoms with Crippen LogP contribution in [-0.4, -0.2) is 29.6 Å². The Morgan fingerprint density at radius 2 is 1.73 bits per heavy atom. The summed E-state index contributed by atoms with van der Waals surface area (Å²) in [7, 11) is 1.64. The predicted molar refractivity (Wildman–Crippen MR) is 110 cm³/mol. The fraction of sp³-hybridized carbons (Fsp3) is 0.350. The molecule has 1 heterocycles. The van der Waals surface area contributed by atoms with Gasteiger partial charge < -0.3 is 9.64 Å². The predicted octanol–water partition coefficient (Wildman–Crippen LogP) is 4.50. The van der Waals surface area contributed by atoms with Gasteiger partial charge in [-0.15, -0.1) is 0 Å². The lowest BCUT2D eigenvalue weighted by Crippen LogP contribution is -2.46. The molecule has 26 heavy (non-hydrogen) atoms. The van der Waals surface area contributed by atoms with Crippen molar-refractivity contribution in [3.63, 3.8) is 0 Å². The standard InChI is InChI=1S/C20H22Br2N2O2/c1-20(2)23-17(11-14-9-15(21)18(26-3)16(22)10-14)19(25)24(20)12-13-7-5-4-6-8-13/h4-10,17,23H,11-12H2,1-3H3/t17-/m0/s1. The lowest BCUT2D eigenvalue weighted by molar-refractivity contribution is -0.132. The van der Waals surface area contributed by atoms with E-state index in [4.69, 9.17) is 4.74 Å². The smallest absolute Gasteiger partial charge is 0.241 e. The van der Waals surface area contributed by atoms with Gasteiger partial charge in [0.05, 0.1) is 27.8 Å². The van der Waals surface area contributed by atoms with Crippen LogP contribution in [0.5, 0.6) is 5.75 Å². The molecule has 0 spiro atoms. The van der Waals surface area contributed by atoms with E-state index in [1.165, 1.54) is 0 Å². The number of nitrogens with one attached hydrogen (secondary N) is 1. The molecule has 0 bridgehead atoms. The molecule has 1 amide bonds. The topological polar surface area (TPSA) is 41.6 Å². The highest BCUT2D eigenvalue weighted by atomic mass is 79.9. The third-order valence-corrected chi connectivity index (χ3v) is 5.83. The second kappa shape index (κ2) is 7.71. The van der Waals surface area contributed by atoms with Crippen molar-refractivity contribution >= 4 is 37.8 Å². The van der Waals surface area contributed by atoms with Crippen molar-refractivity contribution in [2.45, 2.75) is 38.5 Å². The minimum absolute atomic E-state index is 0.127. The highest BCUT2D eigenvalue weighted by molar-refractivity contribution is 9.11. The minimum Gasteiger partial charge on any atom is -0.494 e. The molecule has 1 saturated heterocycles. The van der Waals surface area contributed by atoms with E-state index in [-0.39, 0.29) is 11.9 Å². The van der Waals surface area contributed by atoms with Crippen LogP contribution >= 0.6 is 31.9 Å². The van der Waals surface area contributed by atoms with Gasteiger partial charge in [0.15, 0.2) is 0 Å². The molecule has 3 rings (SSSR count). The molecular weight excluding hydrogens is 460 g/mol. The Balaban J connectivity index is 1.79. The number of ether oxygens (including phenoxy) is 1. The molecule has 0 aromatic heterocycles. The van der Waals surface area contributed by atoms with Gasteiger partial charge in [-0.1, -0.05) is 30.3 Å². The van der Waals surface area contributed by atoms with Crippen molar-refractivity contribution in [1.82, 2.24) is 10.2 Å². The number of amides is 1. The first-order valence-corrected chi connectivity index (χ1v) is 10.1. The van der Waals surface area contributed by atoms with E-state index >= 15 is 0 Å². The maximum Gasteiger partial charge on any atom is 0.241 e. The number of benzene rings is 2. The van der Waals surface area contributed by atoms with E-state index in [9.17, 15) is 4.79 Å². The lowest BCUT2D eigenvalue weighted by Gasteiger charge is -2.31. The second-order valence-corrected chi connectivity index (χ2v) is 8.67. The molecule has 2 aromatic rings. The van der Waals surface area contributed by atoms with Crippen molar-refractivity contribution in [1.29, 1.82) is 0 Å². The maximum atomic E-state index is 13.0. The van der Waals surface area contributed by atoms with Crippen molar-refractivity contribution in [3.05, 3.63) is 62.5 Å². The average molecular weight is 482 g/mol. The van der Waals surface area contributed by atoms with Crippen LogP contribution in [0.3, 0.4) is 0 Å². The molecule has 0 radical (unpaired) electrons. The normalized spacial score (nSPS) is 19.0. The first kappa shape index (κ1) is 19.4. The third-order valence-electron chi connectivity index (χ3n) is 4.65. The Bertz CT molecular complexity index is 786. The van der Waals surface area contributed by atoms with E-state index < -0.39 is 5.66 Å². The molecule has 1 aliphatic heterocycles. The van der Waals surface area contributed by atoms with Gasteiger partial charge in [0.1, 0.15) is 5.75 Å². The van der Waals surface area contributed by atoms with Crippen LogP contribution in [0, 0.1) is 0 Å². The van der Waals surface area contributed by atoms with Crippen LogP contribution < -0.4 is 10.1 Å². The van der Waals surface area contributed by atoms with Gasteiger partial charge in [-0.3, -0.25) is 10.1 Å². The molecule has 1 aliphatic rings. The molecule has 0 unspecified atom stereocenters. The Hall–Kier alpha value is -1.37. The summed E-state index contributed by atoms with van der Waals surface area (Å²) in [5, 5.41) is 3.48. The molecular formula is C20H22Br2N2O2. The number of carbonyl (C=O) groups excluding carboxylic acids is 1. The van der Waals surface area contributed by atoms with Crippen molar-refractivity contribution in [3.8, 4) is 5.75 Å². The summed E-state index contributed by atoms with van der Waals surface area (Å²) >= 11 is 7.06. The Kier molecular flexibility index (Phi) is 5.75. The summed E-state index contributed by atoms with van der Waals surface area (Å²) in [6.07, 6.45) is 0.620. The Morgan fingerprint density at radius 3 is 2.31 bits per heavy atom. The summed E-state index contributed by atoms with van der Waals surface area (Å²) in [4.78, 5) is 15.0. The van der Waals surface area contributed by atoms with Crippen LogP contribution in [-0.2, 0) is 17.8 Å². The van der Waals surface area contributed by atoms with E-state index in [0.29, 0.717) is 13.0 Å². The van der Waals surface area contributed by atoms with Gasteiger partial charge >= 0.3 is 0 Å². The summed E-state index contributed by atoms with van der Waals surface area (Å²) in [5.41, 5.74) is 1.80. The molecule has 4 nitrogen and oxygen atoms in total. The van der Waals surface area contributed by atoms with Crippen LogP contribution in [0.1, 0.15) is 25.0 Å². The van der Waals surface area contributed by atoms with Gasteiger partial charge in [-0.2, -0.15) is 0 Å². The average Bonchev–Trinajstić information content (AvgIpc) is 2.78. The number of hydrogen-bond donors (Lipinski definition) is 1. The largest absolute Gasteiger partial charge is 0.494 e. The third kappa shape index (κ3) is 3.97. The number of hydrogen-bond acceptors (Lipinski definition) is 3. The molecule has 1 N–H and O–H groups in total.